The number of aliphatic hydroxyl groups is 1. The molecule has 0 rings (SSSR count). The Bertz CT molecular complexity index is 380. The number of rotatable bonds is 9. The van der Waals surface area contributed by atoms with Gasteiger partial charge in [0.05, 0.1) is 6.10 Å². The Morgan fingerprint density at radius 2 is 1.65 bits per heavy atom. The summed E-state index contributed by atoms with van der Waals surface area (Å²) in [5.41, 5.74) is 3.55. The van der Waals surface area contributed by atoms with Crippen LogP contribution in [0, 0.1) is 0 Å². The van der Waals surface area contributed by atoms with Crippen LogP contribution in [0.3, 0.4) is 0 Å². The fourth-order valence-corrected chi connectivity index (χ4v) is 1.94. The van der Waals surface area contributed by atoms with Gasteiger partial charge in [0.2, 0.25) is 0 Å². The van der Waals surface area contributed by atoms with Gasteiger partial charge in [-0.15, -0.1) is 0 Å². The quantitative estimate of drug-likeness (QED) is 0.488. The average molecular weight is 278 g/mol. The minimum absolute atomic E-state index is 0.183. The molecule has 1 N–H and O–H groups in total. The second-order valence-corrected chi connectivity index (χ2v) is 5.93. The van der Waals surface area contributed by atoms with E-state index in [4.69, 9.17) is 0 Å². The molecule has 0 radical (unpaired) electrons. The van der Waals surface area contributed by atoms with Crippen LogP contribution in [0.25, 0.3) is 0 Å². The highest BCUT2D eigenvalue weighted by atomic mass is 16.3. The van der Waals surface area contributed by atoms with Crippen LogP contribution in [0.5, 0.6) is 0 Å². The Kier molecular flexibility index (Phi) is 10.0. The van der Waals surface area contributed by atoms with Crippen LogP contribution >= 0.6 is 0 Å². The monoisotopic (exact) mass is 278 g/mol. The zero-order valence-corrected chi connectivity index (χ0v) is 13.7. The second kappa shape index (κ2) is 10.6. The normalized spacial score (nSPS) is 14.1. The van der Waals surface area contributed by atoms with Crippen LogP contribution in [-0.2, 0) is 4.79 Å². The molecule has 0 spiro atoms. The predicted octanol–water partition coefficient (Wildman–Crippen LogP) is 4.75. The summed E-state index contributed by atoms with van der Waals surface area (Å²) in [4.78, 5) is 11.6. The summed E-state index contributed by atoms with van der Waals surface area (Å²) in [6.07, 6.45) is 10.1. The molecule has 2 heteroatoms. The SMILES string of the molecule is CC(C)=CC(=O)C/C(C)=C/CC/C(C)=C/CC[C@@H](C)O. The molecule has 0 unspecified atom stereocenters. The van der Waals surface area contributed by atoms with Gasteiger partial charge in [0.15, 0.2) is 5.78 Å². The number of aliphatic hydroxyl groups excluding tert-OH is 1. The third-order valence-corrected chi connectivity index (χ3v) is 3.01. The summed E-state index contributed by atoms with van der Waals surface area (Å²) < 4.78 is 0. The van der Waals surface area contributed by atoms with Crippen molar-refractivity contribution in [1.82, 2.24) is 0 Å². The molecule has 0 aromatic rings. The molecule has 0 heterocycles. The summed E-state index contributed by atoms with van der Waals surface area (Å²) in [5.74, 6) is 0.183. The second-order valence-electron chi connectivity index (χ2n) is 5.93. The Balaban J connectivity index is 4.04. The van der Waals surface area contributed by atoms with E-state index in [9.17, 15) is 9.90 Å². The van der Waals surface area contributed by atoms with Crippen LogP contribution in [0.4, 0.5) is 0 Å². The molecule has 1 atom stereocenters. The Hall–Kier alpha value is -1.15. The number of hydrogen-bond acceptors (Lipinski definition) is 2. The molecule has 20 heavy (non-hydrogen) atoms. The molecule has 0 bridgehead atoms. The van der Waals surface area contributed by atoms with Gasteiger partial charge in [-0.05, 0) is 66.4 Å². The lowest BCUT2D eigenvalue weighted by Gasteiger charge is -2.03. The number of allylic oxidation sites excluding steroid dienone is 6. The van der Waals surface area contributed by atoms with E-state index in [2.05, 4.69) is 19.1 Å². The van der Waals surface area contributed by atoms with Gasteiger partial charge in [-0.1, -0.05) is 28.9 Å². The van der Waals surface area contributed by atoms with Crippen LogP contribution in [0.1, 0.15) is 66.7 Å². The summed E-state index contributed by atoms with van der Waals surface area (Å²) in [5, 5.41) is 9.18. The van der Waals surface area contributed by atoms with Gasteiger partial charge in [-0.25, -0.2) is 0 Å². The Morgan fingerprint density at radius 1 is 1.05 bits per heavy atom. The van der Waals surface area contributed by atoms with E-state index in [-0.39, 0.29) is 11.9 Å². The average Bonchev–Trinajstić information content (AvgIpc) is 2.26. The molecule has 0 aromatic heterocycles. The highest BCUT2D eigenvalue weighted by Crippen LogP contribution is 2.11. The zero-order valence-electron chi connectivity index (χ0n) is 13.7. The van der Waals surface area contributed by atoms with E-state index in [0.717, 1.165) is 36.8 Å². The fourth-order valence-electron chi connectivity index (χ4n) is 1.94. The van der Waals surface area contributed by atoms with Crippen LogP contribution < -0.4 is 0 Å². The van der Waals surface area contributed by atoms with Crippen molar-refractivity contribution in [3.05, 3.63) is 34.9 Å². The van der Waals surface area contributed by atoms with Crippen molar-refractivity contribution in [3.8, 4) is 0 Å². The number of carbonyl (C=O) groups is 1. The highest BCUT2D eigenvalue weighted by molar-refractivity contribution is 5.91. The molecular formula is C18H30O2. The van der Waals surface area contributed by atoms with Gasteiger partial charge < -0.3 is 5.11 Å². The molecule has 0 aliphatic heterocycles. The van der Waals surface area contributed by atoms with Gasteiger partial charge in [0, 0.05) is 6.42 Å². The lowest BCUT2D eigenvalue weighted by molar-refractivity contribution is -0.114. The van der Waals surface area contributed by atoms with Crippen molar-refractivity contribution in [3.63, 3.8) is 0 Å². The van der Waals surface area contributed by atoms with Crippen LogP contribution in [0.2, 0.25) is 0 Å². The molecule has 0 aliphatic rings. The molecule has 0 saturated carbocycles. The van der Waals surface area contributed by atoms with E-state index >= 15 is 0 Å². The maximum absolute atomic E-state index is 11.6. The van der Waals surface area contributed by atoms with Gasteiger partial charge in [0.25, 0.3) is 0 Å². The Labute approximate surface area is 124 Å². The number of carbonyl (C=O) groups excluding carboxylic acids is 1. The third-order valence-electron chi connectivity index (χ3n) is 3.01. The van der Waals surface area contributed by atoms with Crippen LogP contribution in [0.15, 0.2) is 34.9 Å². The molecule has 0 saturated heterocycles. The molecule has 2 nitrogen and oxygen atoms in total. The lowest BCUT2D eigenvalue weighted by atomic mass is 10.0. The third kappa shape index (κ3) is 11.9. The first-order valence-corrected chi connectivity index (χ1v) is 7.48. The topological polar surface area (TPSA) is 37.3 Å². The standard InChI is InChI=1S/C18H30O2/c1-14(2)12-18(20)13-16(4)10-6-8-15(3)9-7-11-17(5)19/h9-10,12,17,19H,6-8,11,13H2,1-5H3/b15-9+,16-10+/t17-/m1/s1. The highest BCUT2D eigenvalue weighted by Gasteiger charge is 1.99. The molecule has 114 valence electrons. The Morgan fingerprint density at radius 3 is 2.20 bits per heavy atom. The first-order chi connectivity index (χ1) is 9.31. The zero-order chi connectivity index (χ0) is 15.5. The first-order valence-electron chi connectivity index (χ1n) is 7.48. The maximum Gasteiger partial charge on any atom is 0.159 e. The van der Waals surface area contributed by atoms with Gasteiger partial charge in [-0.2, -0.15) is 0 Å². The summed E-state index contributed by atoms with van der Waals surface area (Å²) in [6.45, 7) is 9.85. The maximum atomic E-state index is 11.6. The van der Waals surface area contributed by atoms with Crippen molar-refractivity contribution in [2.45, 2.75) is 72.8 Å². The van der Waals surface area contributed by atoms with Crippen molar-refractivity contribution in [1.29, 1.82) is 0 Å². The van der Waals surface area contributed by atoms with E-state index in [0.29, 0.717) is 6.42 Å². The largest absolute Gasteiger partial charge is 0.393 e. The van der Waals surface area contributed by atoms with Crippen LogP contribution in [-0.4, -0.2) is 17.0 Å². The predicted molar refractivity (Wildman–Crippen MR) is 86.7 cm³/mol. The minimum Gasteiger partial charge on any atom is -0.393 e. The number of ketones is 1. The first kappa shape index (κ1) is 18.9. The molecule has 0 aliphatic carbocycles. The van der Waals surface area contributed by atoms with E-state index < -0.39 is 0 Å². The van der Waals surface area contributed by atoms with Crippen molar-refractivity contribution in [2.75, 3.05) is 0 Å². The molecule has 0 fully saturated rings. The summed E-state index contributed by atoms with van der Waals surface area (Å²) in [7, 11) is 0. The molecule has 0 aromatic carbocycles. The minimum atomic E-state index is -0.220. The van der Waals surface area contributed by atoms with Crippen molar-refractivity contribution in [2.24, 2.45) is 0 Å². The van der Waals surface area contributed by atoms with E-state index in [1.54, 1.807) is 6.08 Å². The van der Waals surface area contributed by atoms with Gasteiger partial charge >= 0.3 is 0 Å². The number of hydrogen-bond donors (Lipinski definition) is 1. The van der Waals surface area contributed by atoms with Crippen molar-refractivity contribution < 1.29 is 9.90 Å². The summed E-state index contributed by atoms with van der Waals surface area (Å²) in [6, 6.07) is 0. The lowest BCUT2D eigenvalue weighted by Crippen LogP contribution is -1.97. The fraction of sp³-hybridized carbons (Fsp3) is 0.611. The van der Waals surface area contributed by atoms with Crippen molar-refractivity contribution >= 4 is 5.78 Å². The smallest absolute Gasteiger partial charge is 0.159 e. The molecule has 0 amide bonds. The van der Waals surface area contributed by atoms with E-state index in [1.807, 2.05) is 27.7 Å². The molecular weight excluding hydrogens is 248 g/mol. The van der Waals surface area contributed by atoms with Gasteiger partial charge in [-0.3, -0.25) is 4.79 Å². The van der Waals surface area contributed by atoms with E-state index in [1.165, 1.54) is 5.57 Å². The van der Waals surface area contributed by atoms with Gasteiger partial charge in [0.1, 0.15) is 0 Å². The summed E-state index contributed by atoms with van der Waals surface area (Å²) >= 11 is 0.